The van der Waals surface area contributed by atoms with Crippen molar-refractivity contribution in [2.24, 2.45) is 0 Å². The van der Waals surface area contributed by atoms with Crippen molar-refractivity contribution in [1.29, 1.82) is 0 Å². The van der Waals surface area contributed by atoms with E-state index in [1.807, 2.05) is 48.5 Å². The fourth-order valence-corrected chi connectivity index (χ4v) is 4.59. The molecule has 1 atom stereocenters. The quantitative estimate of drug-likeness (QED) is 0.274. The van der Waals surface area contributed by atoms with Crippen LogP contribution in [-0.4, -0.2) is 42.5 Å². The van der Waals surface area contributed by atoms with E-state index in [1.54, 1.807) is 24.8 Å². The molecule has 0 aliphatic heterocycles. The first kappa shape index (κ1) is 23.1. The topological polar surface area (TPSA) is 128 Å². The summed E-state index contributed by atoms with van der Waals surface area (Å²) in [5.41, 5.74) is 11.7. The highest BCUT2D eigenvalue weighted by Crippen LogP contribution is 2.35. The van der Waals surface area contributed by atoms with Gasteiger partial charge in [0.2, 0.25) is 0 Å². The highest BCUT2D eigenvalue weighted by molar-refractivity contribution is 7.90. The molecular weight excluding hydrogens is 482 g/mol. The predicted molar refractivity (Wildman–Crippen MR) is 141 cm³/mol. The zero-order valence-electron chi connectivity index (χ0n) is 18.8. The molecule has 4 N–H and O–H groups in total. The van der Waals surface area contributed by atoms with Crippen LogP contribution in [0.1, 0.15) is 5.69 Å². The molecule has 8 nitrogen and oxygen atoms in total. The monoisotopic (exact) mass is 503 g/mol. The van der Waals surface area contributed by atoms with Crippen molar-refractivity contribution >= 4 is 45.2 Å². The van der Waals surface area contributed by atoms with Crippen LogP contribution in [0.15, 0.2) is 72.0 Å². The van der Waals surface area contributed by atoms with Gasteiger partial charge in [0.15, 0.2) is 4.90 Å². The van der Waals surface area contributed by atoms with Crippen molar-refractivity contribution in [1.82, 2.24) is 25.1 Å². The van der Waals surface area contributed by atoms with E-state index < -0.39 is 11.2 Å². The molecule has 0 bridgehead atoms. The van der Waals surface area contributed by atoms with Gasteiger partial charge >= 0.3 is 0 Å². The molecule has 35 heavy (non-hydrogen) atoms. The number of nitrogens with two attached hydrogens (primary N) is 1. The highest BCUT2D eigenvalue weighted by Gasteiger charge is 2.17. The number of halogens is 1. The summed E-state index contributed by atoms with van der Waals surface area (Å²) in [6.07, 6.45) is 7.18. The van der Waals surface area contributed by atoms with Gasteiger partial charge in [0.25, 0.3) is 0 Å². The first-order valence-corrected chi connectivity index (χ1v) is 12.8. The van der Waals surface area contributed by atoms with Gasteiger partial charge in [-0.25, -0.2) is 9.97 Å². The van der Waals surface area contributed by atoms with Gasteiger partial charge in [0.1, 0.15) is 12.1 Å². The minimum atomic E-state index is -1.10. The van der Waals surface area contributed by atoms with E-state index in [9.17, 15) is 4.55 Å². The third kappa shape index (κ3) is 4.93. The van der Waals surface area contributed by atoms with E-state index in [0.29, 0.717) is 45.8 Å². The number of H-pyrrole nitrogens is 1. The third-order valence-electron chi connectivity index (χ3n) is 5.56. The molecule has 1 unspecified atom stereocenters. The SMILES string of the molecule is C[S+]([O-])c1cncc(NCCc2nc(-c3cc(Cl)c4[nH]ncc4c3)c(-c3ccccc3)nc2N)c1. The number of aromatic nitrogens is 5. The van der Waals surface area contributed by atoms with E-state index in [4.69, 9.17) is 27.3 Å². The number of rotatable bonds is 7. The molecule has 3 heterocycles. The minimum Gasteiger partial charge on any atom is -0.612 e. The molecule has 0 aliphatic rings. The highest BCUT2D eigenvalue weighted by atomic mass is 35.5. The average molecular weight is 504 g/mol. The van der Waals surface area contributed by atoms with Gasteiger partial charge in [0.05, 0.1) is 51.9 Å². The molecule has 5 aromatic rings. The molecule has 0 aliphatic carbocycles. The van der Waals surface area contributed by atoms with Crippen molar-refractivity contribution in [2.75, 3.05) is 23.9 Å². The number of anilines is 2. The molecule has 0 fully saturated rings. The molecule has 10 heteroatoms. The van der Waals surface area contributed by atoms with Crippen LogP contribution in [0.25, 0.3) is 33.4 Å². The molecule has 176 valence electrons. The summed E-state index contributed by atoms with van der Waals surface area (Å²) >= 11 is 5.43. The molecule has 2 aromatic carbocycles. The van der Waals surface area contributed by atoms with Crippen LogP contribution >= 0.6 is 11.6 Å². The lowest BCUT2D eigenvalue weighted by Crippen LogP contribution is -2.11. The Bertz CT molecular complexity index is 1490. The summed E-state index contributed by atoms with van der Waals surface area (Å²) < 4.78 is 11.7. The van der Waals surface area contributed by atoms with E-state index >= 15 is 0 Å². The summed E-state index contributed by atoms with van der Waals surface area (Å²) in [6, 6.07) is 15.5. The molecular formula is C25H22ClN7OS. The lowest BCUT2D eigenvalue weighted by atomic mass is 10.0. The summed E-state index contributed by atoms with van der Waals surface area (Å²) in [5, 5.41) is 11.7. The Kier molecular flexibility index (Phi) is 6.54. The fourth-order valence-electron chi connectivity index (χ4n) is 3.81. The standard InChI is InChI=1S/C25H22ClN7OS/c1-35(34)19-11-18(13-28-14-19)29-8-7-21-25(27)32-23(15-5-3-2-4-6-15)24(31-21)16-9-17-12-30-33-22(17)20(26)10-16/h2-6,9-14,29H,7-8H2,1H3,(H2,27,32)(H,30,33). The van der Waals surface area contributed by atoms with Gasteiger partial charge in [0, 0.05) is 35.5 Å². The number of aromatic amines is 1. The molecule has 3 aromatic heterocycles. The zero-order chi connectivity index (χ0) is 24.4. The van der Waals surface area contributed by atoms with E-state index in [-0.39, 0.29) is 0 Å². The maximum atomic E-state index is 11.7. The van der Waals surface area contributed by atoms with Crippen molar-refractivity contribution in [3.05, 3.63) is 77.8 Å². The Balaban J connectivity index is 1.50. The lowest BCUT2D eigenvalue weighted by Gasteiger charge is -2.14. The summed E-state index contributed by atoms with van der Waals surface area (Å²) in [6.45, 7) is 0.548. The van der Waals surface area contributed by atoms with E-state index in [2.05, 4.69) is 20.5 Å². The number of nitrogens with one attached hydrogen (secondary N) is 2. The summed E-state index contributed by atoms with van der Waals surface area (Å²) in [7, 11) is 0. The van der Waals surface area contributed by atoms with Crippen LogP contribution < -0.4 is 11.1 Å². The smallest absolute Gasteiger partial charge is 0.172 e. The largest absolute Gasteiger partial charge is 0.612 e. The summed E-state index contributed by atoms with van der Waals surface area (Å²) in [5.74, 6) is 0.367. The maximum absolute atomic E-state index is 11.7. The van der Waals surface area contributed by atoms with Crippen LogP contribution in [0.3, 0.4) is 0 Å². The van der Waals surface area contributed by atoms with E-state index in [0.717, 1.165) is 27.7 Å². The normalized spacial score (nSPS) is 12.1. The maximum Gasteiger partial charge on any atom is 0.172 e. The first-order valence-electron chi connectivity index (χ1n) is 10.9. The Morgan fingerprint density at radius 2 is 1.83 bits per heavy atom. The number of hydrogen-bond donors (Lipinski definition) is 3. The predicted octanol–water partition coefficient (Wildman–Crippen LogP) is 4.71. The Morgan fingerprint density at radius 1 is 1.03 bits per heavy atom. The van der Waals surface area contributed by atoms with Gasteiger partial charge in [-0.15, -0.1) is 0 Å². The van der Waals surface area contributed by atoms with Gasteiger partial charge in [-0.1, -0.05) is 41.9 Å². The second kappa shape index (κ2) is 9.91. The van der Waals surface area contributed by atoms with Gasteiger partial charge < -0.3 is 15.6 Å². The van der Waals surface area contributed by atoms with Gasteiger partial charge in [-0.05, 0) is 23.3 Å². The fraction of sp³-hybridized carbons (Fsp3) is 0.120. The van der Waals surface area contributed by atoms with Gasteiger partial charge in [-0.3, -0.25) is 10.1 Å². The van der Waals surface area contributed by atoms with Crippen LogP contribution in [0.2, 0.25) is 5.02 Å². The molecule has 0 spiro atoms. The number of nitrogen functional groups attached to an aromatic ring is 1. The van der Waals surface area contributed by atoms with Crippen molar-refractivity contribution < 1.29 is 4.55 Å². The van der Waals surface area contributed by atoms with Crippen molar-refractivity contribution in [3.8, 4) is 22.5 Å². The zero-order valence-corrected chi connectivity index (χ0v) is 20.4. The summed E-state index contributed by atoms with van der Waals surface area (Å²) in [4.78, 5) is 14.5. The van der Waals surface area contributed by atoms with Crippen LogP contribution in [0.4, 0.5) is 11.5 Å². The average Bonchev–Trinajstić information content (AvgIpc) is 3.35. The number of benzene rings is 2. The van der Waals surface area contributed by atoms with Crippen molar-refractivity contribution in [3.63, 3.8) is 0 Å². The molecule has 0 saturated heterocycles. The number of nitrogens with zero attached hydrogens (tertiary/aromatic N) is 4. The minimum absolute atomic E-state index is 0.367. The van der Waals surface area contributed by atoms with Crippen LogP contribution in [0, 0.1) is 0 Å². The third-order valence-corrected chi connectivity index (χ3v) is 6.74. The molecule has 0 radical (unpaired) electrons. The number of hydrogen-bond acceptors (Lipinski definition) is 7. The Hall–Kier alpha value is -3.66. The second-order valence-electron chi connectivity index (χ2n) is 7.95. The number of pyridine rings is 1. The Labute approximate surface area is 210 Å². The lowest BCUT2D eigenvalue weighted by molar-refractivity contribution is 0.600. The van der Waals surface area contributed by atoms with E-state index in [1.165, 1.54) is 0 Å². The second-order valence-corrected chi connectivity index (χ2v) is 9.74. The van der Waals surface area contributed by atoms with Crippen LogP contribution in [-0.2, 0) is 17.6 Å². The number of fused-ring (bicyclic) bond motifs is 1. The van der Waals surface area contributed by atoms with Crippen LogP contribution in [0.5, 0.6) is 0 Å². The first-order chi connectivity index (χ1) is 17.0. The molecule has 0 saturated carbocycles. The molecule has 0 amide bonds. The Morgan fingerprint density at radius 3 is 2.63 bits per heavy atom. The van der Waals surface area contributed by atoms with Gasteiger partial charge in [-0.2, -0.15) is 5.10 Å². The molecule has 5 rings (SSSR count). The van der Waals surface area contributed by atoms with Crippen molar-refractivity contribution in [2.45, 2.75) is 11.3 Å².